The van der Waals surface area contributed by atoms with Crippen LogP contribution in [0.15, 0.2) is 47.5 Å². The van der Waals surface area contributed by atoms with Crippen molar-refractivity contribution in [1.29, 1.82) is 0 Å². The molecule has 1 amide bonds. The number of nitrogens with one attached hydrogen (secondary N) is 1. The number of alkyl halides is 1. The first-order chi connectivity index (χ1) is 10.5. The second-order valence-corrected chi connectivity index (χ2v) is 5.38. The van der Waals surface area contributed by atoms with Gasteiger partial charge >= 0.3 is 0 Å². The van der Waals surface area contributed by atoms with Crippen molar-refractivity contribution in [2.75, 3.05) is 11.2 Å². The quantitative estimate of drug-likeness (QED) is 0.512. The lowest BCUT2D eigenvalue weighted by Gasteiger charge is -2.08. The molecule has 0 aliphatic carbocycles. The maximum atomic E-state index is 12.2. The molecule has 0 fully saturated rings. The molecule has 0 bridgehead atoms. The molecule has 2 aromatic carbocycles. The maximum absolute atomic E-state index is 12.2. The molecule has 0 atom stereocenters. The van der Waals surface area contributed by atoms with Crippen LogP contribution in [0.25, 0.3) is 0 Å². The Bertz CT molecular complexity index is 688. The average Bonchev–Trinajstić information content (AvgIpc) is 2.46. The zero-order valence-electron chi connectivity index (χ0n) is 12.6. The fourth-order valence-corrected chi connectivity index (χ4v) is 2.19. The molecule has 0 aromatic heterocycles. The Hall–Kier alpha value is -2.33. The Balaban J connectivity index is 2.13. The SMILES string of the molecule is Cc1cc(C)cc(NC(=O)c2ccc(N=C(N)CCl)cc2)c1. The number of anilines is 1. The molecule has 3 N–H and O–H groups in total. The third-order valence-electron chi connectivity index (χ3n) is 3.02. The van der Waals surface area contributed by atoms with Crippen LogP contribution in [-0.2, 0) is 0 Å². The van der Waals surface area contributed by atoms with Crippen LogP contribution >= 0.6 is 11.6 Å². The highest BCUT2D eigenvalue weighted by atomic mass is 35.5. The normalized spacial score (nSPS) is 11.3. The molecule has 4 nitrogen and oxygen atoms in total. The van der Waals surface area contributed by atoms with E-state index in [9.17, 15) is 4.79 Å². The van der Waals surface area contributed by atoms with Gasteiger partial charge in [-0.15, -0.1) is 11.6 Å². The number of benzene rings is 2. The van der Waals surface area contributed by atoms with Gasteiger partial charge in [0, 0.05) is 11.3 Å². The van der Waals surface area contributed by atoms with Crippen molar-refractivity contribution in [3.05, 3.63) is 59.2 Å². The van der Waals surface area contributed by atoms with Crippen LogP contribution in [0, 0.1) is 13.8 Å². The molecular weight excluding hydrogens is 298 g/mol. The molecular formula is C17H18ClN3O. The number of amidine groups is 1. The van der Waals surface area contributed by atoms with Gasteiger partial charge in [0.25, 0.3) is 5.91 Å². The Morgan fingerprint density at radius 1 is 1.14 bits per heavy atom. The highest BCUT2D eigenvalue weighted by Crippen LogP contribution is 2.17. The van der Waals surface area contributed by atoms with Gasteiger partial charge in [0.2, 0.25) is 0 Å². The first-order valence-corrected chi connectivity index (χ1v) is 7.40. The lowest BCUT2D eigenvalue weighted by molar-refractivity contribution is 0.102. The topological polar surface area (TPSA) is 67.5 Å². The molecule has 0 saturated carbocycles. The fourth-order valence-electron chi connectivity index (χ4n) is 2.13. The summed E-state index contributed by atoms with van der Waals surface area (Å²) in [7, 11) is 0. The van der Waals surface area contributed by atoms with E-state index in [-0.39, 0.29) is 11.8 Å². The second-order valence-electron chi connectivity index (χ2n) is 5.11. The van der Waals surface area contributed by atoms with E-state index >= 15 is 0 Å². The molecule has 22 heavy (non-hydrogen) atoms. The lowest BCUT2D eigenvalue weighted by atomic mass is 10.1. The van der Waals surface area contributed by atoms with Gasteiger partial charge in [0.1, 0.15) is 5.84 Å². The van der Waals surface area contributed by atoms with E-state index in [1.165, 1.54) is 0 Å². The molecule has 5 heteroatoms. The Morgan fingerprint density at radius 2 is 1.73 bits per heavy atom. The predicted octanol–water partition coefficient (Wildman–Crippen LogP) is 3.78. The fraction of sp³-hybridized carbons (Fsp3) is 0.176. The molecule has 0 aliphatic rings. The summed E-state index contributed by atoms with van der Waals surface area (Å²) in [5.74, 6) is 0.356. The van der Waals surface area contributed by atoms with Crippen molar-refractivity contribution < 1.29 is 4.79 Å². The van der Waals surface area contributed by atoms with Crippen molar-refractivity contribution >= 4 is 34.7 Å². The molecule has 0 heterocycles. The molecule has 0 spiro atoms. The van der Waals surface area contributed by atoms with E-state index in [0.29, 0.717) is 17.1 Å². The summed E-state index contributed by atoms with van der Waals surface area (Å²) in [6.45, 7) is 3.99. The van der Waals surface area contributed by atoms with Crippen LogP contribution in [0.2, 0.25) is 0 Å². The number of nitrogens with zero attached hydrogens (tertiary/aromatic N) is 1. The van der Waals surface area contributed by atoms with Crippen LogP contribution in [0.5, 0.6) is 0 Å². The summed E-state index contributed by atoms with van der Waals surface area (Å²) in [4.78, 5) is 16.3. The van der Waals surface area contributed by atoms with Crippen LogP contribution in [0.1, 0.15) is 21.5 Å². The second kappa shape index (κ2) is 7.09. The number of hydrogen-bond acceptors (Lipinski definition) is 2. The number of nitrogens with two attached hydrogens (primary N) is 1. The summed E-state index contributed by atoms with van der Waals surface area (Å²) in [6.07, 6.45) is 0. The summed E-state index contributed by atoms with van der Waals surface area (Å²) in [6, 6.07) is 12.8. The minimum atomic E-state index is -0.161. The molecule has 0 radical (unpaired) electrons. The first-order valence-electron chi connectivity index (χ1n) is 6.86. The third kappa shape index (κ3) is 4.33. The van der Waals surface area contributed by atoms with E-state index < -0.39 is 0 Å². The van der Waals surface area contributed by atoms with Crippen molar-refractivity contribution in [3.8, 4) is 0 Å². The maximum Gasteiger partial charge on any atom is 0.255 e. The van der Waals surface area contributed by atoms with Crippen molar-refractivity contribution in [2.45, 2.75) is 13.8 Å². The van der Waals surface area contributed by atoms with Crippen LogP contribution < -0.4 is 11.1 Å². The van der Waals surface area contributed by atoms with Crippen LogP contribution in [0.4, 0.5) is 11.4 Å². The van der Waals surface area contributed by atoms with Gasteiger partial charge in [-0.1, -0.05) is 6.07 Å². The average molecular weight is 316 g/mol. The standard InChI is InChI=1S/C17H18ClN3O/c1-11-7-12(2)9-15(8-11)21-17(22)13-3-5-14(6-4-13)20-16(19)10-18/h3-9H,10H2,1-2H3,(H2,19,20)(H,21,22). The molecule has 0 unspecified atom stereocenters. The number of halogens is 1. The number of hydrogen-bond donors (Lipinski definition) is 2. The molecule has 2 aromatic rings. The molecule has 0 saturated heterocycles. The Morgan fingerprint density at radius 3 is 2.27 bits per heavy atom. The van der Waals surface area contributed by atoms with Gasteiger partial charge in [0.15, 0.2) is 0 Å². The highest BCUT2D eigenvalue weighted by molar-refractivity contribution is 6.28. The number of carbonyl (C=O) groups is 1. The highest BCUT2D eigenvalue weighted by Gasteiger charge is 2.06. The minimum absolute atomic E-state index is 0.161. The Kier molecular flexibility index (Phi) is 5.17. The van der Waals surface area contributed by atoms with E-state index in [4.69, 9.17) is 17.3 Å². The zero-order chi connectivity index (χ0) is 16.1. The summed E-state index contributed by atoms with van der Waals surface area (Å²) >= 11 is 5.58. The smallest absolute Gasteiger partial charge is 0.255 e. The van der Waals surface area contributed by atoms with Gasteiger partial charge < -0.3 is 11.1 Å². The molecule has 2 rings (SSSR count). The monoisotopic (exact) mass is 315 g/mol. The number of amides is 1. The predicted molar refractivity (Wildman–Crippen MR) is 92.3 cm³/mol. The van der Waals surface area contributed by atoms with Gasteiger partial charge in [-0.05, 0) is 61.4 Å². The third-order valence-corrected chi connectivity index (χ3v) is 3.29. The summed E-state index contributed by atoms with van der Waals surface area (Å²) < 4.78 is 0. The van der Waals surface area contributed by atoms with Gasteiger partial charge in [-0.3, -0.25) is 4.79 Å². The van der Waals surface area contributed by atoms with Gasteiger partial charge in [-0.2, -0.15) is 0 Å². The molecule has 0 aliphatic heterocycles. The number of carbonyl (C=O) groups excluding carboxylic acids is 1. The minimum Gasteiger partial charge on any atom is -0.386 e. The van der Waals surface area contributed by atoms with Gasteiger partial charge in [-0.25, -0.2) is 4.99 Å². The van der Waals surface area contributed by atoms with Crippen molar-refractivity contribution in [2.24, 2.45) is 10.7 Å². The Labute approximate surface area is 135 Å². The van der Waals surface area contributed by atoms with E-state index in [0.717, 1.165) is 16.8 Å². The number of aliphatic imine (C=N–C) groups is 1. The number of rotatable bonds is 4. The van der Waals surface area contributed by atoms with E-state index in [1.54, 1.807) is 24.3 Å². The lowest BCUT2D eigenvalue weighted by Crippen LogP contribution is -2.13. The van der Waals surface area contributed by atoms with Crippen LogP contribution in [0.3, 0.4) is 0 Å². The summed E-state index contributed by atoms with van der Waals surface area (Å²) in [5.41, 5.74) is 9.80. The molecule has 114 valence electrons. The van der Waals surface area contributed by atoms with E-state index in [1.807, 2.05) is 26.0 Å². The van der Waals surface area contributed by atoms with Crippen LogP contribution in [-0.4, -0.2) is 17.6 Å². The number of aryl methyl sites for hydroxylation is 2. The largest absolute Gasteiger partial charge is 0.386 e. The van der Waals surface area contributed by atoms with E-state index in [2.05, 4.69) is 16.4 Å². The van der Waals surface area contributed by atoms with Crippen molar-refractivity contribution in [1.82, 2.24) is 0 Å². The van der Waals surface area contributed by atoms with Gasteiger partial charge in [0.05, 0.1) is 11.6 Å². The summed E-state index contributed by atoms with van der Waals surface area (Å²) in [5, 5.41) is 2.89. The zero-order valence-corrected chi connectivity index (χ0v) is 13.3. The van der Waals surface area contributed by atoms with Crippen molar-refractivity contribution in [3.63, 3.8) is 0 Å². The first kappa shape index (κ1) is 16.0.